The minimum atomic E-state index is -1.12. The van der Waals surface area contributed by atoms with Crippen molar-refractivity contribution < 1.29 is 19.0 Å². The van der Waals surface area contributed by atoms with Crippen LogP contribution in [0, 0.1) is 5.82 Å². The van der Waals surface area contributed by atoms with Crippen LogP contribution < -0.4 is 4.74 Å². The number of hydrogen-bond donors (Lipinski definition) is 1. The van der Waals surface area contributed by atoms with Crippen LogP contribution in [0.15, 0.2) is 48.5 Å². The van der Waals surface area contributed by atoms with Gasteiger partial charge in [-0.1, -0.05) is 30.3 Å². The molecule has 2 aromatic carbocycles. The maximum absolute atomic E-state index is 13.7. The highest BCUT2D eigenvalue weighted by Gasteiger charge is 2.12. The zero-order valence-corrected chi connectivity index (χ0v) is 11.5. The lowest BCUT2D eigenvalue weighted by molar-refractivity contribution is -0.130. The molecule has 4 heteroatoms. The number of halogens is 1. The van der Waals surface area contributed by atoms with E-state index in [4.69, 9.17) is 4.74 Å². The zero-order chi connectivity index (χ0) is 15.2. The molecule has 0 aliphatic carbocycles. The molecule has 2 rings (SSSR count). The first-order valence-corrected chi connectivity index (χ1v) is 6.54. The van der Waals surface area contributed by atoms with E-state index in [1.807, 2.05) is 6.92 Å². The molecule has 0 radical (unpaired) electrons. The maximum atomic E-state index is 13.7. The number of ether oxygens (including phenoxy) is 1. The molecule has 0 aliphatic rings. The molecule has 0 atom stereocenters. The third-order valence-electron chi connectivity index (χ3n) is 2.89. The van der Waals surface area contributed by atoms with Gasteiger partial charge in [0, 0.05) is 5.56 Å². The Morgan fingerprint density at radius 3 is 2.67 bits per heavy atom. The van der Waals surface area contributed by atoms with Gasteiger partial charge < -0.3 is 9.84 Å². The molecule has 21 heavy (non-hydrogen) atoms. The lowest BCUT2D eigenvalue weighted by Crippen LogP contribution is -2.01. The van der Waals surface area contributed by atoms with Crippen LogP contribution in [0.4, 0.5) is 4.39 Å². The summed E-state index contributed by atoms with van der Waals surface area (Å²) < 4.78 is 19.0. The molecular weight excluding hydrogens is 271 g/mol. The Labute approximate surface area is 122 Å². The average molecular weight is 286 g/mol. The monoisotopic (exact) mass is 286 g/mol. The Bertz CT molecular complexity index is 677. The summed E-state index contributed by atoms with van der Waals surface area (Å²) in [6.45, 7) is 2.34. The number of hydrogen-bond acceptors (Lipinski definition) is 2. The van der Waals surface area contributed by atoms with E-state index in [0.717, 1.165) is 0 Å². The van der Waals surface area contributed by atoms with E-state index in [1.165, 1.54) is 18.2 Å². The summed E-state index contributed by atoms with van der Waals surface area (Å²) in [5.74, 6) is -1.00. The van der Waals surface area contributed by atoms with Crippen LogP contribution in [-0.2, 0) is 4.79 Å². The standard InChI is InChI=1S/C17H15FO3/c1-2-21-14-8-5-7-12(10-14)15(17(19)20)11-13-6-3-4-9-16(13)18/h3-11H,2H2,1H3,(H,19,20)/b15-11-. The maximum Gasteiger partial charge on any atom is 0.336 e. The summed E-state index contributed by atoms with van der Waals surface area (Å²) >= 11 is 0. The second-order valence-electron chi connectivity index (χ2n) is 4.35. The molecule has 0 unspecified atom stereocenters. The van der Waals surface area contributed by atoms with Crippen molar-refractivity contribution in [3.63, 3.8) is 0 Å². The number of carbonyl (C=O) groups is 1. The fourth-order valence-electron chi connectivity index (χ4n) is 1.94. The Morgan fingerprint density at radius 2 is 2.00 bits per heavy atom. The minimum absolute atomic E-state index is 0.0154. The van der Waals surface area contributed by atoms with Crippen molar-refractivity contribution in [3.05, 3.63) is 65.5 Å². The first-order valence-electron chi connectivity index (χ1n) is 6.54. The fraction of sp³-hybridized carbons (Fsp3) is 0.118. The van der Waals surface area contributed by atoms with Crippen molar-refractivity contribution in [2.75, 3.05) is 6.61 Å². The molecule has 0 heterocycles. The first kappa shape index (κ1) is 14.8. The molecule has 108 valence electrons. The van der Waals surface area contributed by atoms with Gasteiger partial charge in [-0.2, -0.15) is 0 Å². The van der Waals surface area contributed by atoms with Crippen LogP contribution in [0.1, 0.15) is 18.1 Å². The Hall–Kier alpha value is -2.62. The van der Waals surface area contributed by atoms with Crippen LogP contribution in [0.3, 0.4) is 0 Å². The summed E-state index contributed by atoms with van der Waals surface area (Å²) in [5, 5.41) is 9.37. The zero-order valence-electron chi connectivity index (χ0n) is 11.5. The van der Waals surface area contributed by atoms with Gasteiger partial charge in [0.1, 0.15) is 11.6 Å². The molecule has 2 aromatic rings. The third kappa shape index (κ3) is 3.69. The number of carboxylic acids is 1. The minimum Gasteiger partial charge on any atom is -0.494 e. The van der Waals surface area contributed by atoms with E-state index in [1.54, 1.807) is 36.4 Å². The van der Waals surface area contributed by atoms with E-state index in [0.29, 0.717) is 17.9 Å². The highest BCUT2D eigenvalue weighted by molar-refractivity contribution is 6.20. The van der Waals surface area contributed by atoms with Crippen molar-refractivity contribution in [2.24, 2.45) is 0 Å². The molecule has 0 amide bonds. The largest absolute Gasteiger partial charge is 0.494 e. The van der Waals surface area contributed by atoms with Crippen molar-refractivity contribution in [1.29, 1.82) is 0 Å². The Balaban J connectivity index is 2.47. The van der Waals surface area contributed by atoms with Crippen LogP contribution >= 0.6 is 0 Å². The molecule has 0 saturated carbocycles. The summed E-state index contributed by atoms with van der Waals surface area (Å²) in [6, 6.07) is 12.8. The van der Waals surface area contributed by atoms with Gasteiger partial charge in [-0.05, 0) is 36.8 Å². The topological polar surface area (TPSA) is 46.5 Å². The van der Waals surface area contributed by atoms with Crippen molar-refractivity contribution in [1.82, 2.24) is 0 Å². The predicted octanol–water partition coefficient (Wildman–Crippen LogP) is 3.85. The third-order valence-corrected chi connectivity index (χ3v) is 2.89. The summed E-state index contributed by atoms with van der Waals surface area (Å²) in [6.07, 6.45) is 1.32. The molecular formula is C17H15FO3. The first-order chi connectivity index (χ1) is 10.1. The average Bonchev–Trinajstić information content (AvgIpc) is 2.46. The summed E-state index contributed by atoms with van der Waals surface area (Å²) in [7, 11) is 0. The van der Waals surface area contributed by atoms with Crippen LogP contribution in [0.25, 0.3) is 11.6 Å². The van der Waals surface area contributed by atoms with Crippen LogP contribution in [-0.4, -0.2) is 17.7 Å². The van der Waals surface area contributed by atoms with Crippen LogP contribution in [0.5, 0.6) is 5.75 Å². The van der Waals surface area contributed by atoms with Crippen molar-refractivity contribution in [3.8, 4) is 5.75 Å². The summed E-state index contributed by atoms with van der Waals surface area (Å²) in [4.78, 5) is 11.5. The van der Waals surface area contributed by atoms with Crippen molar-refractivity contribution in [2.45, 2.75) is 6.92 Å². The van der Waals surface area contributed by atoms with E-state index in [2.05, 4.69) is 0 Å². The second-order valence-corrected chi connectivity index (χ2v) is 4.35. The molecule has 0 bridgehead atoms. The SMILES string of the molecule is CCOc1cccc(/C(=C/c2ccccc2F)C(=O)O)c1. The van der Waals surface area contributed by atoms with Gasteiger partial charge in [0.05, 0.1) is 12.2 Å². The van der Waals surface area contributed by atoms with Gasteiger partial charge in [-0.25, -0.2) is 9.18 Å². The molecule has 0 aliphatic heterocycles. The van der Waals surface area contributed by atoms with Crippen LogP contribution in [0.2, 0.25) is 0 Å². The lowest BCUT2D eigenvalue weighted by atomic mass is 10.0. The normalized spacial score (nSPS) is 11.2. The van der Waals surface area contributed by atoms with E-state index in [-0.39, 0.29) is 11.1 Å². The predicted molar refractivity (Wildman–Crippen MR) is 79.5 cm³/mol. The van der Waals surface area contributed by atoms with E-state index < -0.39 is 11.8 Å². The van der Waals surface area contributed by atoms with Gasteiger partial charge in [0.15, 0.2) is 0 Å². The Kier molecular flexibility index (Phi) is 4.72. The molecule has 3 nitrogen and oxygen atoms in total. The highest BCUT2D eigenvalue weighted by Crippen LogP contribution is 2.23. The fourth-order valence-corrected chi connectivity index (χ4v) is 1.94. The lowest BCUT2D eigenvalue weighted by Gasteiger charge is -2.07. The van der Waals surface area contributed by atoms with E-state index >= 15 is 0 Å². The van der Waals surface area contributed by atoms with Gasteiger partial charge >= 0.3 is 5.97 Å². The molecule has 0 spiro atoms. The number of carboxylic acid groups (broad SMARTS) is 1. The highest BCUT2D eigenvalue weighted by atomic mass is 19.1. The van der Waals surface area contributed by atoms with Gasteiger partial charge in [-0.15, -0.1) is 0 Å². The molecule has 0 aromatic heterocycles. The molecule has 1 N–H and O–H groups in total. The number of benzene rings is 2. The van der Waals surface area contributed by atoms with E-state index in [9.17, 15) is 14.3 Å². The number of aliphatic carboxylic acids is 1. The van der Waals surface area contributed by atoms with Crippen molar-refractivity contribution >= 4 is 17.6 Å². The summed E-state index contributed by atoms with van der Waals surface area (Å²) in [5.41, 5.74) is 0.718. The van der Waals surface area contributed by atoms with Gasteiger partial charge in [0.25, 0.3) is 0 Å². The number of rotatable bonds is 5. The molecule has 0 saturated heterocycles. The second kappa shape index (κ2) is 6.70. The van der Waals surface area contributed by atoms with Gasteiger partial charge in [0.2, 0.25) is 0 Å². The quantitative estimate of drug-likeness (QED) is 0.671. The molecule has 0 fully saturated rings. The smallest absolute Gasteiger partial charge is 0.336 e. The Morgan fingerprint density at radius 1 is 1.24 bits per heavy atom. The van der Waals surface area contributed by atoms with Gasteiger partial charge in [-0.3, -0.25) is 0 Å².